The summed E-state index contributed by atoms with van der Waals surface area (Å²) >= 11 is 0. The van der Waals surface area contributed by atoms with E-state index in [1.165, 1.54) is 0 Å². The van der Waals surface area contributed by atoms with E-state index in [0.29, 0.717) is 0 Å². The highest BCUT2D eigenvalue weighted by molar-refractivity contribution is 7.91. The molecule has 4 nitrogen and oxygen atoms in total. The molecule has 0 aliphatic carbocycles. The van der Waals surface area contributed by atoms with Crippen molar-refractivity contribution >= 4 is 21.4 Å². The molecule has 0 aliphatic rings. The van der Waals surface area contributed by atoms with Crippen molar-refractivity contribution < 1.29 is 13.2 Å². The van der Waals surface area contributed by atoms with Crippen LogP contribution in [0.15, 0.2) is 47.4 Å². The highest BCUT2D eigenvalue weighted by Crippen LogP contribution is 2.17. The quantitative estimate of drug-likeness (QED) is 0.913. The monoisotopic (exact) mass is 331 g/mol. The molecule has 122 valence electrons. The minimum atomic E-state index is -3.44. The molecular formula is C18H21NO3S. The number of rotatable bonds is 5. The number of amides is 1. The van der Waals surface area contributed by atoms with E-state index >= 15 is 0 Å². The average molecular weight is 331 g/mol. The second kappa shape index (κ2) is 6.96. The lowest BCUT2D eigenvalue weighted by Gasteiger charge is -2.10. The van der Waals surface area contributed by atoms with Gasteiger partial charge in [-0.3, -0.25) is 4.79 Å². The van der Waals surface area contributed by atoms with Gasteiger partial charge < -0.3 is 5.32 Å². The van der Waals surface area contributed by atoms with Crippen LogP contribution in [0.2, 0.25) is 0 Å². The molecule has 0 radical (unpaired) electrons. The SMILES string of the molecule is Cc1ccc(S(=O)(=O)CCC(=O)Nc2cc(C)ccc2C)cc1. The van der Waals surface area contributed by atoms with Gasteiger partial charge in [0.05, 0.1) is 10.6 Å². The molecule has 0 unspecified atom stereocenters. The third-order valence-electron chi connectivity index (χ3n) is 3.65. The predicted molar refractivity (Wildman–Crippen MR) is 92.4 cm³/mol. The van der Waals surface area contributed by atoms with E-state index in [0.717, 1.165) is 22.4 Å². The second-order valence-corrected chi connectivity index (χ2v) is 7.86. The maximum atomic E-state index is 12.2. The van der Waals surface area contributed by atoms with Crippen molar-refractivity contribution in [3.8, 4) is 0 Å². The summed E-state index contributed by atoms with van der Waals surface area (Å²) in [7, 11) is -3.44. The van der Waals surface area contributed by atoms with Gasteiger partial charge in [-0.25, -0.2) is 8.42 Å². The first-order valence-electron chi connectivity index (χ1n) is 7.44. The Balaban J connectivity index is 2.01. The van der Waals surface area contributed by atoms with Crippen LogP contribution in [-0.2, 0) is 14.6 Å². The highest BCUT2D eigenvalue weighted by atomic mass is 32.2. The largest absolute Gasteiger partial charge is 0.326 e. The van der Waals surface area contributed by atoms with Crippen molar-refractivity contribution in [3.05, 3.63) is 59.2 Å². The van der Waals surface area contributed by atoms with Crippen molar-refractivity contribution in [1.82, 2.24) is 0 Å². The normalized spacial score (nSPS) is 11.3. The van der Waals surface area contributed by atoms with Gasteiger partial charge in [0.25, 0.3) is 0 Å². The lowest BCUT2D eigenvalue weighted by Crippen LogP contribution is -2.18. The number of carbonyl (C=O) groups excluding carboxylic acids is 1. The fourth-order valence-corrected chi connectivity index (χ4v) is 3.41. The van der Waals surface area contributed by atoms with Crippen molar-refractivity contribution in [3.63, 3.8) is 0 Å². The first-order valence-corrected chi connectivity index (χ1v) is 9.10. The summed E-state index contributed by atoms with van der Waals surface area (Å²) < 4.78 is 24.5. The Bertz CT molecular complexity index is 809. The number of nitrogens with one attached hydrogen (secondary N) is 1. The molecule has 0 fully saturated rings. The number of benzene rings is 2. The van der Waals surface area contributed by atoms with E-state index in [1.807, 2.05) is 39.0 Å². The van der Waals surface area contributed by atoms with Gasteiger partial charge in [-0.15, -0.1) is 0 Å². The Hall–Kier alpha value is -2.14. The molecular weight excluding hydrogens is 310 g/mol. The van der Waals surface area contributed by atoms with Gasteiger partial charge in [0.2, 0.25) is 5.91 Å². The molecule has 5 heteroatoms. The van der Waals surface area contributed by atoms with Gasteiger partial charge in [0.15, 0.2) is 9.84 Å². The molecule has 0 spiro atoms. The maximum Gasteiger partial charge on any atom is 0.225 e. The average Bonchev–Trinajstić information content (AvgIpc) is 2.49. The number of hydrogen-bond acceptors (Lipinski definition) is 3. The van der Waals surface area contributed by atoms with Crippen LogP contribution in [0.5, 0.6) is 0 Å². The molecule has 2 rings (SSSR count). The Kier molecular flexibility index (Phi) is 5.21. The van der Waals surface area contributed by atoms with E-state index < -0.39 is 9.84 Å². The molecule has 0 atom stereocenters. The molecule has 0 saturated carbocycles. The van der Waals surface area contributed by atoms with Crippen molar-refractivity contribution in [2.45, 2.75) is 32.1 Å². The summed E-state index contributed by atoms with van der Waals surface area (Å²) in [4.78, 5) is 12.3. The van der Waals surface area contributed by atoms with Crippen LogP contribution in [-0.4, -0.2) is 20.1 Å². The van der Waals surface area contributed by atoms with Crippen LogP contribution in [0.4, 0.5) is 5.69 Å². The number of hydrogen-bond donors (Lipinski definition) is 1. The van der Waals surface area contributed by atoms with Crippen LogP contribution in [0, 0.1) is 20.8 Å². The molecule has 0 bridgehead atoms. The third-order valence-corrected chi connectivity index (χ3v) is 5.38. The molecule has 2 aromatic carbocycles. The van der Waals surface area contributed by atoms with Gasteiger partial charge in [0, 0.05) is 12.1 Å². The maximum absolute atomic E-state index is 12.2. The topological polar surface area (TPSA) is 63.2 Å². The van der Waals surface area contributed by atoms with Crippen LogP contribution >= 0.6 is 0 Å². The van der Waals surface area contributed by atoms with E-state index in [2.05, 4.69) is 5.32 Å². The Morgan fingerprint density at radius 1 is 0.957 bits per heavy atom. The molecule has 0 saturated heterocycles. The van der Waals surface area contributed by atoms with Crippen LogP contribution in [0.3, 0.4) is 0 Å². The number of carbonyl (C=O) groups is 1. The van der Waals surface area contributed by atoms with Gasteiger partial charge in [0.1, 0.15) is 0 Å². The van der Waals surface area contributed by atoms with E-state index in [9.17, 15) is 13.2 Å². The van der Waals surface area contributed by atoms with E-state index in [1.54, 1.807) is 24.3 Å². The lowest BCUT2D eigenvalue weighted by molar-refractivity contribution is -0.115. The smallest absolute Gasteiger partial charge is 0.225 e. The van der Waals surface area contributed by atoms with Crippen LogP contribution < -0.4 is 5.32 Å². The number of anilines is 1. The summed E-state index contributed by atoms with van der Waals surface area (Å²) in [5, 5.41) is 2.78. The van der Waals surface area contributed by atoms with Crippen LogP contribution in [0.1, 0.15) is 23.1 Å². The fourth-order valence-electron chi connectivity index (χ4n) is 2.17. The highest BCUT2D eigenvalue weighted by Gasteiger charge is 2.16. The van der Waals surface area contributed by atoms with Gasteiger partial charge in [-0.05, 0) is 50.1 Å². The van der Waals surface area contributed by atoms with Gasteiger partial charge in [-0.1, -0.05) is 29.8 Å². The fraction of sp³-hybridized carbons (Fsp3) is 0.278. The van der Waals surface area contributed by atoms with Crippen molar-refractivity contribution in [1.29, 1.82) is 0 Å². The standard InChI is InChI=1S/C18H21NO3S/c1-13-5-8-16(9-6-13)23(21,22)11-10-18(20)19-17-12-14(2)4-7-15(17)3/h4-9,12H,10-11H2,1-3H3,(H,19,20). The molecule has 23 heavy (non-hydrogen) atoms. The van der Waals surface area contributed by atoms with Crippen molar-refractivity contribution in [2.24, 2.45) is 0 Å². The summed E-state index contributed by atoms with van der Waals surface area (Å²) in [6.45, 7) is 5.74. The zero-order chi connectivity index (χ0) is 17.0. The summed E-state index contributed by atoms with van der Waals surface area (Å²) in [6.07, 6.45) is -0.0659. The lowest BCUT2D eigenvalue weighted by atomic mass is 10.1. The molecule has 0 aromatic heterocycles. The van der Waals surface area contributed by atoms with E-state index in [4.69, 9.17) is 0 Å². The molecule has 0 heterocycles. The molecule has 0 aliphatic heterocycles. The Labute approximate surface area is 137 Å². The zero-order valence-electron chi connectivity index (χ0n) is 13.6. The first-order chi connectivity index (χ1) is 10.8. The second-order valence-electron chi connectivity index (χ2n) is 5.75. The molecule has 1 amide bonds. The van der Waals surface area contributed by atoms with Gasteiger partial charge >= 0.3 is 0 Å². The van der Waals surface area contributed by atoms with Crippen LogP contribution in [0.25, 0.3) is 0 Å². The van der Waals surface area contributed by atoms with Crippen molar-refractivity contribution in [2.75, 3.05) is 11.1 Å². The summed E-state index contributed by atoms with van der Waals surface area (Å²) in [5.74, 6) is -0.498. The summed E-state index contributed by atoms with van der Waals surface area (Å²) in [6, 6.07) is 12.4. The predicted octanol–water partition coefficient (Wildman–Crippen LogP) is 3.41. The van der Waals surface area contributed by atoms with E-state index in [-0.39, 0.29) is 23.0 Å². The third kappa shape index (κ3) is 4.66. The number of sulfone groups is 1. The number of aryl methyl sites for hydroxylation is 3. The minimum Gasteiger partial charge on any atom is -0.326 e. The first kappa shape index (κ1) is 17.2. The zero-order valence-corrected chi connectivity index (χ0v) is 14.4. The minimum absolute atomic E-state index is 0.0659. The Morgan fingerprint density at radius 2 is 1.57 bits per heavy atom. The summed E-state index contributed by atoms with van der Waals surface area (Å²) in [5.41, 5.74) is 3.71. The van der Waals surface area contributed by atoms with Gasteiger partial charge in [-0.2, -0.15) is 0 Å². The molecule has 1 N–H and O–H groups in total. The Morgan fingerprint density at radius 3 is 2.22 bits per heavy atom. The molecule has 2 aromatic rings.